The van der Waals surface area contributed by atoms with Crippen molar-refractivity contribution in [2.24, 2.45) is 4.99 Å². The zero-order valence-corrected chi connectivity index (χ0v) is 20.4. The maximum atomic E-state index is 4.66. The van der Waals surface area contributed by atoms with Crippen molar-refractivity contribution in [3.8, 4) is 22.6 Å². The molecule has 1 aromatic carbocycles. The number of pyridine rings is 2. The number of rotatable bonds is 7. The molecule has 0 saturated heterocycles. The smallest absolute Gasteiger partial charge is 0.116 e. The first-order valence-electron chi connectivity index (χ1n) is 11.4. The summed E-state index contributed by atoms with van der Waals surface area (Å²) in [6.45, 7) is 6.36. The van der Waals surface area contributed by atoms with Crippen LogP contribution in [0.25, 0.3) is 44.5 Å². The summed E-state index contributed by atoms with van der Waals surface area (Å²) >= 11 is 0. The van der Waals surface area contributed by atoms with E-state index >= 15 is 0 Å². The molecular weight excluding hydrogens is 436 g/mol. The average molecular weight is 465 g/mol. The van der Waals surface area contributed by atoms with E-state index in [-0.39, 0.29) is 0 Å². The maximum absolute atomic E-state index is 4.66. The van der Waals surface area contributed by atoms with E-state index in [9.17, 15) is 0 Å². The lowest BCUT2D eigenvalue weighted by Gasteiger charge is -2.15. The third-order valence-corrected chi connectivity index (χ3v) is 5.94. The first-order chi connectivity index (χ1) is 16.9. The van der Waals surface area contributed by atoms with Gasteiger partial charge < -0.3 is 14.8 Å². The van der Waals surface area contributed by atoms with Crippen molar-refractivity contribution in [3.63, 3.8) is 0 Å². The largest absolute Gasteiger partial charge is 0.353 e. The third-order valence-electron chi connectivity index (χ3n) is 5.94. The highest BCUT2D eigenvalue weighted by atomic mass is 15.1. The fourth-order valence-corrected chi connectivity index (χ4v) is 4.32. The summed E-state index contributed by atoms with van der Waals surface area (Å²) in [5.74, 6) is 0. The summed E-state index contributed by atoms with van der Waals surface area (Å²) in [6.07, 6.45) is 7.55. The number of hydrogen-bond donors (Lipinski definition) is 2. The summed E-state index contributed by atoms with van der Waals surface area (Å²) in [6, 6.07) is 12.6. The molecule has 0 atom stereocenters. The Morgan fingerprint density at radius 2 is 1.91 bits per heavy atom. The molecule has 5 rings (SSSR count). The predicted octanol–water partition coefficient (Wildman–Crippen LogP) is 5.23. The topological polar surface area (TPSA) is 89.1 Å². The summed E-state index contributed by atoms with van der Waals surface area (Å²) in [7, 11) is 6.11. The van der Waals surface area contributed by atoms with Crippen LogP contribution in [0, 0.1) is 0 Å². The molecule has 0 unspecified atom stereocenters. The highest BCUT2D eigenvalue weighted by Crippen LogP contribution is 2.34. The Hall–Kier alpha value is -4.30. The van der Waals surface area contributed by atoms with E-state index in [0.29, 0.717) is 0 Å². The quantitative estimate of drug-likeness (QED) is 0.322. The number of nitrogens with zero attached hydrogens (tertiary/aromatic N) is 6. The van der Waals surface area contributed by atoms with Gasteiger partial charge in [-0.15, -0.1) is 0 Å². The highest BCUT2D eigenvalue weighted by molar-refractivity contribution is 6.00. The molecule has 5 aromatic rings. The second-order valence-corrected chi connectivity index (χ2v) is 8.97. The van der Waals surface area contributed by atoms with Crippen LogP contribution in [0.2, 0.25) is 0 Å². The van der Waals surface area contributed by atoms with Crippen LogP contribution in [0.4, 0.5) is 5.69 Å². The van der Waals surface area contributed by atoms with E-state index in [2.05, 4.69) is 77.0 Å². The van der Waals surface area contributed by atoms with Gasteiger partial charge in [0, 0.05) is 59.7 Å². The maximum Gasteiger partial charge on any atom is 0.116 e. The molecule has 8 heteroatoms. The van der Waals surface area contributed by atoms with E-state index in [1.807, 2.05) is 58.9 Å². The van der Waals surface area contributed by atoms with Gasteiger partial charge in [0.2, 0.25) is 0 Å². The second kappa shape index (κ2) is 9.15. The molecule has 0 bridgehead atoms. The van der Waals surface area contributed by atoms with E-state index in [1.165, 1.54) is 0 Å². The first-order valence-corrected chi connectivity index (χ1v) is 11.4. The standard InChI is InChI=1S/C27H28N8/c1-17(28-2)15-35(5)26-8-6-7-22-20(26)10-24(31-22)27-21-11-23(30-14-25(21)32-33-27)19-9-18(12-29-13-19)16-34(3)4/h6-15,31H,2,16H2,1,3-5H3,(H,32,33)/b17-15-. The van der Waals surface area contributed by atoms with Crippen molar-refractivity contribution in [1.29, 1.82) is 0 Å². The molecule has 4 aromatic heterocycles. The molecule has 0 aliphatic rings. The van der Waals surface area contributed by atoms with Gasteiger partial charge in [-0.3, -0.25) is 20.1 Å². The van der Waals surface area contributed by atoms with Crippen LogP contribution < -0.4 is 4.90 Å². The van der Waals surface area contributed by atoms with E-state index in [0.717, 1.165) is 67.9 Å². The summed E-state index contributed by atoms with van der Waals surface area (Å²) in [5, 5.41) is 9.85. The average Bonchev–Trinajstić information content (AvgIpc) is 3.47. The van der Waals surface area contributed by atoms with Crippen LogP contribution >= 0.6 is 0 Å². The Labute approximate surface area is 204 Å². The van der Waals surface area contributed by atoms with Crippen LogP contribution in [0.15, 0.2) is 71.9 Å². The van der Waals surface area contributed by atoms with Gasteiger partial charge in [0.1, 0.15) is 5.69 Å². The Kier molecular flexibility index (Phi) is 5.88. The molecule has 0 aliphatic heterocycles. The lowest BCUT2D eigenvalue weighted by atomic mass is 10.1. The number of aromatic nitrogens is 5. The molecule has 0 saturated carbocycles. The predicted molar refractivity (Wildman–Crippen MR) is 144 cm³/mol. The molecule has 8 nitrogen and oxygen atoms in total. The van der Waals surface area contributed by atoms with Crippen molar-refractivity contribution in [1.82, 2.24) is 30.0 Å². The lowest BCUT2D eigenvalue weighted by molar-refractivity contribution is 0.402. The van der Waals surface area contributed by atoms with Crippen LogP contribution in [0.3, 0.4) is 0 Å². The Morgan fingerprint density at radius 3 is 2.71 bits per heavy atom. The molecular formula is C27H28N8. The Balaban J connectivity index is 1.57. The van der Waals surface area contributed by atoms with E-state index < -0.39 is 0 Å². The lowest BCUT2D eigenvalue weighted by Crippen LogP contribution is -2.10. The fourth-order valence-electron chi connectivity index (χ4n) is 4.32. The third kappa shape index (κ3) is 4.43. The molecule has 0 radical (unpaired) electrons. The van der Waals surface area contributed by atoms with Gasteiger partial charge >= 0.3 is 0 Å². The minimum absolute atomic E-state index is 0.823. The number of H-pyrrole nitrogens is 2. The van der Waals surface area contributed by atoms with Gasteiger partial charge in [-0.25, -0.2) is 0 Å². The van der Waals surface area contributed by atoms with Gasteiger partial charge in [-0.2, -0.15) is 5.10 Å². The molecule has 0 spiro atoms. The molecule has 2 N–H and O–H groups in total. The zero-order valence-electron chi connectivity index (χ0n) is 20.4. The Bertz CT molecular complexity index is 1560. The number of aliphatic imine (C=N–C) groups is 1. The molecule has 176 valence electrons. The number of nitrogens with one attached hydrogen (secondary N) is 2. The summed E-state index contributed by atoms with van der Waals surface area (Å²) < 4.78 is 0. The zero-order chi connectivity index (χ0) is 24.5. The molecule has 0 amide bonds. The molecule has 0 aliphatic carbocycles. The fraction of sp³-hybridized carbons (Fsp3) is 0.185. The SMILES string of the molecule is C=N/C(C)=C\N(C)c1cccc2[nH]c(-c3n[nH]c4cnc(-c5cncc(CN(C)C)c5)cc34)cc12. The number of hydrogen-bond acceptors (Lipinski definition) is 6. The van der Waals surface area contributed by atoms with Gasteiger partial charge in [0.25, 0.3) is 0 Å². The monoisotopic (exact) mass is 464 g/mol. The van der Waals surface area contributed by atoms with Crippen molar-refractivity contribution < 1.29 is 0 Å². The first kappa shape index (κ1) is 22.5. The van der Waals surface area contributed by atoms with Crippen LogP contribution in [0.5, 0.6) is 0 Å². The van der Waals surface area contributed by atoms with Crippen LogP contribution in [-0.2, 0) is 6.54 Å². The number of fused-ring (bicyclic) bond motifs is 2. The number of benzene rings is 1. The Morgan fingerprint density at radius 1 is 1.06 bits per heavy atom. The van der Waals surface area contributed by atoms with Gasteiger partial charge in [-0.1, -0.05) is 6.07 Å². The molecule has 35 heavy (non-hydrogen) atoms. The minimum atomic E-state index is 0.823. The van der Waals surface area contributed by atoms with E-state index in [4.69, 9.17) is 0 Å². The number of allylic oxidation sites excluding steroid dienone is 1. The van der Waals surface area contributed by atoms with Crippen molar-refractivity contribution in [3.05, 3.63) is 72.4 Å². The number of anilines is 1. The minimum Gasteiger partial charge on any atom is -0.353 e. The summed E-state index contributed by atoms with van der Waals surface area (Å²) in [5.41, 5.74) is 8.61. The van der Waals surface area contributed by atoms with Crippen LogP contribution in [0.1, 0.15) is 12.5 Å². The van der Waals surface area contributed by atoms with E-state index in [1.54, 1.807) is 0 Å². The highest BCUT2D eigenvalue weighted by Gasteiger charge is 2.15. The van der Waals surface area contributed by atoms with Gasteiger partial charge in [-0.05, 0) is 63.6 Å². The van der Waals surface area contributed by atoms with Crippen molar-refractivity contribution >= 4 is 34.2 Å². The molecule has 0 fully saturated rings. The van der Waals surface area contributed by atoms with Gasteiger partial charge in [0.15, 0.2) is 0 Å². The number of aromatic amines is 2. The normalized spacial score (nSPS) is 12.1. The molecule has 4 heterocycles. The van der Waals surface area contributed by atoms with Gasteiger partial charge in [0.05, 0.1) is 28.8 Å². The van der Waals surface area contributed by atoms with Crippen molar-refractivity contribution in [2.75, 3.05) is 26.0 Å². The summed E-state index contributed by atoms with van der Waals surface area (Å²) in [4.78, 5) is 20.8. The second-order valence-electron chi connectivity index (χ2n) is 8.97. The van der Waals surface area contributed by atoms with Crippen LogP contribution in [-0.4, -0.2) is 57.9 Å². The van der Waals surface area contributed by atoms with Crippen molar-refractivity contribution in [2.45, 2.75) is 13.5 Å².